The number of carbonyl (C=O) groups excluding carboxylic acids is 1. The average Bonchev–Trinajstić information content (AvgIpc) is 3.52. The minimum atomic E-state index is -4.42. The molecule has 0 unspecified atom stereocenters. The maximum Gasteiger partial charge on any atom is 0.416 e. The number of amides is 1. The second-order valence-corrected chi connectivity index (χ2v) is 9.86. The van der Waals surface area contributed by atoms with E-state index >= 15 is 0 Å². The Morgan fingerprint density at radius 3 is 2.56 bits per heavy atom. The van der Waals surface area contributed by atoms with Crippen molar-refractivity contribution in [2.45, 2.75) is 12.7 Å². The van der Waals surface area contributed by atoms with Gasteiger partial charge in [0.25, 0.3) is 5.91 Å². The molecular weight excluding hydrogens is 507 g/mol. The Bertz CT molecular complexity index is 1670. The first-order chi connectivity index (χ1) is 18.7. The zero-order valence-electron chi connectivity index (χ0n) is 21.2. The van der Waals surface area contributed by atoms with Crippen molar-refractivity contribution in [3.8, 4) is 11.1 Å². The number of fused-ring (bicyclic) bond motifs is 2. The molecule has 1 fully saturated rings. The van der Waals surface area contributed by atoms with E-state index < -0.39 is 17.6 Å². The molecular formula is C28H26F3N7O. The third-order valence-electron chi connectivity index (χ3n) is 6.98. The summed E-state index contributed by atoms with van der Waals surface area (Å²) < 4.78 is 41.2. The third kappa shape index (κ3) is 5.36. The van der Waals surface area contributed by atoms with E-state index in [1.807, 2.05) is 22.7 Å². The summed E-state index contributed by atoms with van der Waals surface area (Å²) in [7, 11) is 2.13. The molecule has 0 spiro atoms. The molecule has 0 saturated carbocycles. The molecule has 4 heterocycles. The Morgan fingerprint density at radius 2 is 1.77 bits per heavy atom. The van der Waals surface area contributed by atoms with Crippen LogP contribution in [-0.2, 0) is 12.7 Å². The Labute approximate surface area is 222 Å². The Morgan fingerprint density at radius 1 is 0.974 bits per heavy atom. The maximum absolute atomic E-state index is 13.1. The molecule has 3 aromatic heterocycles. The molecule has 200 valence electrons. The molecule has 11 heteroatoms. The SMILES string of the molecule is CN1CCN(Cc2ccc3nc(C(=O)Nc4nc5ccc(-c6cccc(C(F)(F)F)c6)cc5[nH]4)cn3c2)CC1. The Balaban J connectivity index is 1.18. The van der Waals surface area contributed by atoms with Crippen LogP contribution in [0.15, 0.2) is 67.0 Å². The number of alkyl halides is 3. The molecule has 1 aliphatic rings. The van der Waals surface area contributed by atoms with Crippen molar-refractivity contribution in [1.82, 2.24) is 29.2 Å². The predicted octanol–water partition coefficient (Wildman–Crippen LogP) is 4.90. The van der Waals surface area contributed by atoms with E-state index in [1.54, 1.807) is 30.5 Å². The number of aromatic nitrogens is 4. The largest absolute Gasteiger partial charge is 0.416 e. The number of hydrogen-bond acceptors (Lipinski definition) is 5. The summed E-state index contributed by atoms with van der Waals surface area (Å²) >= 11 is 0. The van der Waals surface area contributed by atoms with Crippen molar-refractivity contribution in [1.29, 1.82) is 0 Å². The number of halogens is 3. The smallest absolute Gasteiger partial charge is 0.324 e. The van der Waals surface area contributed by atoms with E-state index in [1.165, 1.54) is 6.07 Å². The summed E-state index contributed by atoms with van der Waals surface area (Å²) in [6.45, 7) is 4.97. The molecule has 2 N–H and O–H groups in total. The first kappa shape index (κ1) is 25.1. The third-order valence-corrected chi connectivity index (χ3v) is 6.98. The number of likely N-dealkylation sites (N-methyl/N-ethyl adjacent to an activating group) is 1. The minimum absolute atomic E-state index is 0.226. The fraction of sp³-hybridized carbons (Fsp3) is 0.250. The van der Waals surface area contributed by atoms with Gasteiger partial charge in [0.2, 0.25) is 5.95 Å². The molecule has 5 aromatic rings. The predicted molar refractivity (Wildman–Crippen MR) is 142 cm³/mol. The normalized spacial score (nSPS) is 15.3. The number of aromatic amines is 1. The van der Waals surface area contributed by atoms with Gasteiger partial charge in [-0.1, -0.05) is 24.3 Å². The zero-order valence-corrected chi connectivity index (χ0v) is 21.2. The van der Waals surface area contributed by atoms with Gasteiger partial charge >= 0.3 is 6.18 Å². The number of H-pyrrole nitrogens is 1. The van der Waals surface area contributed by atoms with Gasteiger partial charge in [0.15, 0.2) is 0 Å². The van der Waals surface area contributed by atoms with E-state index in [-0.39, 0.29) is 11.6 Å². The number of anilines is 1. The van der Waals surface area contributed by atoms with E-state index in [4.69, 9.17) is 0 Å². The molecule has 1 saturated heterocycles. The lowest BCUT2D eigenvalue weighted by Gasteiger charge is -2.32. The van der Waals surface area contributed by atoms with Gasteiger partial charge in [0.05, 0.1) is 16.6 Å². The summed E-state index contributed by atoms with van der Waals surface area (Å²) in [6, 6.07) is 14.2. The van der Waals surface area contributed by atoms with Crippen molar-refractivity contribution in [2.24, 2.45) is 0 Å². The Hall–Kier alpha value is -4.22. The van der Waals surface area contributed by atoms with Crippen LogP contribution in [0.25, 0.3) is 27.8 Å². The highest BCUT2D eigenvalue weighted by Crippen LogP contribution is 2.33. The molecule has 1 amide bonds. The number of nitrogens with one attached hydrogen (secondary N) is 2. The number of piperazine rings is 1. The number of hydrogen-bond donors (Lipinski definition) is 2. The standard InChI is InChI=1S/C28H26F3N7O/c1-36-9-11-37(12-10-36)15-18-5-8-25-32-24(17-38(25)16-18)26(39)35-27-33-22-7-6-20(14-23(22)34-27)19-3-2-4-21(13-19)28(29,30)31/h2-8,13-14,16-17H,9-12,15H2,1H3,(H2,33,34,35,39). The van der Waals surface area contributed by atoms with Crippen LogP contribution in [0.4, 0.5) is 19.1 Å². The molecule has 39 heavy (non-hydrogen) atoms. The van der Waals surface area contributed by atoms with Gasteiger partial charge in [-0.15, -0.1) is 0 Å². The van der Waals surface area contributed by atoms with E-state index in [2.05, 4.69) is 37.1 Å². The number of carbonyl (C=O) groups is 1. The number of rotatable bonds is 5. The molecule has 1 aliphatic heterocycles. The van der Waals surface area contributed by atoms with Crippen molar-refractivity contribution >= 4 is 28.5 Å². The summed E-state index contributed by atoms with van der Waals surface area (Å²) in [5.41, 5.74) is 3.54. The van der Waals surface area contributed by atoms with Gasteiger partial charge in [-0.05, 0) is 54.1 Å². The van der Waals surface area contributed by atoms with Crippen LogP contribution in [0, 0.1) is 0 Å². The van der Waals surface area contributed by atoms with Crippen LogP contribution in [0.5, 0.6) is 0 Å². The number of benzene rings is 2. The van der Waals surface area contributed by atoms with Crippen LogP contribution in [0.1, 0.15) is 21.6 Å². The first-order valence-electron chi connectivity index (χ1n) is 12.6. The fourth-order valence-corrected chi connectivity index (χ4v) is 4.80. The molecule has 0 atom stereocenters. The van der Waals surface area contributed by atoms with Gasteiger partial charge in [-0.3, -0.25) is 15.0 Å². The lowest BCUT2D eigenvalue weighted by Crippen LogP contribution is -2.43. The van der Waals surface area contributed by atoms with E-state index in [9.17, 15) is 18.0 Å². The highest BCUT2D eigenvalue weighted by Gasteiger charge is 2.30. The summed E-state index contributed by atoms with van der Waals surface area (Å²) in [6.07, 6.45) is -0.740. The lowest BCUT2D eigenvalue weighted by molar-refractivity contribution is -0.137. The van der Waals surface area contributed by atoms with Gasteiger partial charge in [-0.2, -0.15) is 13.2 Å². The quantitative estimate of drug-likeness (QED) is 0.336. The van der Waals surface area contributed by atoms with Gasteiger partial charge in [0, 0.05) is 45.1 Å². The molecule has 6 rings (SSSR count). The highest BCUT2D eigenvalue weighted by molar-refractivity contribution is 6.03. The van der Waals surface area contributed by atoms with Crippen molar-refractivity contribution < 1.29 is 18.0 Å². The minimum Gasteiger partial charge on any atom is -0.324 e. The summed E-state index contributed by atoms with van der Waals surface area (Å²) in [5, 5.41) is 2.74. The molecule has 0 aliphatic carbocycles. The number of nitrogens with zero attached hydrogens (tertiary/aromatic N) is 5. The highest BCUT2D eigenvalue weighted by atomic mass is 19.4. The van der Waals surface area contributed by atoms with Crippen LogP contribution < -0.4 is 5.32 Å². The van der Waals surface area contributed by atoms with E-state index in [0.29, 0.717) is 27.8 Å². The van der Waals surface area contributed by atoms with Crippen LogP contribution in [-0.4, -0.2) is 68.3 Å². The van der Waals surface area contributed by atoms with Gasteiger partial charge < -0.3 is 14.3 Å². The van der Waals surface area contributed by atoms with Crippen LogP contribution in [0.2, 0.25) is 0 Å². The number of imidazole rings is 2. The second-order valence-electron chi connectivity index (χ2n) is 9.86. The van der Waals surface area contributed by atoms with Crippen LogP contribution >= 0.6 is 0 Å². The van der Waals surface area contributed by atoms with Crippen molar-refractivity contribution in [3.63, 3.8) is 0 Å². The zero-order chi connectivity index (χ0) is 27.1. The molecule has 0 bridgehead atoms. The topological polar surface area (TPSA) is 81.6 Å². The fourth-order valence-electron chi connectivity index (χ4n) is 4.80. The second kappa shape index (κ2) is 9.83. The van der Waals surface area contributed by atoms with Crippen LogP contribution in [0.3, 0.4) is 0 Å². The van der Waals surface area contributed by atoms with Gasteiger partial charge in [-0.25, -0.2) is 9.97 Å². The maximum atomic E-state index is 13.1. The monoisotopic (exact) mass is 533 g/mol. The number of pyridine rings is 1. The average molecular weight is 534 g/mol. The molecule has 2 aromatic carbocycles. The van der Waals surface area contributed by atoms with Gasteiger partial charge in [0.1, 0.15) is 11.3 Å². The molecule has 0 radical (unpaired) electrons. The summed E-state index contributed by atoms with van der Waals surface area (Å²) in [5.74, 6) is -0.194. The van der Waals surface area contributed by atoms with Crippen molar-refractivity contribution in [2.75, 3.05) is 38.5 Å². The summed E-state index contributed by atoms with van der Waals surface area (Å²) in [4.78, 5) is 29.5. The van der Waals surface area contributed by atoms with E-state index in [0.717, 1.165) is 50.4 Å². The Kier molecular flexibility index (Phi) is 6.32. The lowest BCUT2D eigenvalue weighted by atomic mass is 10.0. The van der Waals surface area contributed by atoms with Crippen molar-refractivity contribution in [3.05, 3.63) is 83.8 Å². The molecule has 8 nitrogen and oxygen atoms in total. The first-order valence-corrected chi connectivity index (χ1v) is 12.6.